The Kier molecular flexibility index (Phi) is 9.57. The summed E-state index contributed by atoms with van der Waals surface area (Å²) in [5.74, 6) is 0. The van der Waals surface area contributed by atoms with E-state index < -0.39 is 0 Å². The number of rotatable bonds is 9. The molecule has 0 fully saturated rings. The van der Waals surface area contributed by atoms with Crippen LogP contribution in [-0.2, 0) is 0 Å². The monoisotopic (exact) mass is 790 g/mol. The second-order valence-corrected chi connectivity index (χ2v) is 15.7. The minimum absolute atomic E-state index is 1.07. The fourth-order valence-electron chi connectivity index (χ4n) is 9.21. The van der Waals surface area contributed by atoms with Gasteiger partial charge in [0.1, 0.15) is 0 Å². The number of aromatic nitrogens is 1. The SMILES string of the molecule is c1ccc(-c2ccc(N(c3cccc(-c4cccc5c6ccccc6n(-c6ccccc6)c45)c3)c3cccc(-c4ccccc4)c3-c3ccccc3-c3ccccc3)cc2)cc1. The number of hydrogen-bond acceptors (Lipinski definition) is 1. The predicted octanol–water partition coefficient (Wildman–Crippen LogP) is 16.6. The highest BCUT2D eigenvalue weighted by atomic mass is 15.1. The third-order valence-electron chi connectivity index (χ3n) is 12.0. The van der Waals surface area contributed by atoms with Crippen LogP contribution in [-0.4, -0.2) is 4.57 Å². The van der Waals surface area contributed by atoms with Gasteiger partial charge in [-0.25, -0.2) is 0 Å². The number of anilines is 3. The van der Waals surface area contributed by atoms with Crippen molar-refractivity contribution < 1.29 is 0 Å². The number of benzene rings is 10. The van der Waals surface area contributed by atoms with E-state index in [1.807, 2.05) is 0 Å². The number of para-hydroxylation sites is 3. The minimum atomic E-state index is 1.07. The molecule has 11 aromatic rings. The van der Waals surface area contributed by atoms with E-state index in [-0.39, 0.29) is 0 Å². The lowest BCUT2D eigenvalue weighted by Gasteiger charge is -2.30. The van der Waals surface area contributed by atoms with Gasteiger partial charge in [-0.1, -0.05) is 206 Å². The highest BCUT2D eigenvalue weighted by molar-refractivity contribution is 6.14. The highest BCUT2D eigenvalue weighted by Gasteiger charge is 2.24. The lowest BCUT2D eigenvalue weighted by atomic mass is 9.87. The molecular weight excluding hydrogens is 749 g/mol. The maximum Gasteiger partial charge on any atom is 0.0619 e. The Hall–Kier alpha value is -8.20. The molecule has 0 aliphatic heterocycles. The van der Waals surface area contributed by atoms with Crippen molar-refractivity contribution in [1.82, 2.24) is 4.57 Å². The van der Waals surface area contributed by atoms with E-state index in [1.165, 1.54) is 71.9 Å². The maximum absolute atomic E-state index is 2.45. The Morgan fingerprint density at radius 1 is 0.290 bits per heavy atom. The summed E-state index contributed by atoms with van der Waals surface area (Å²) in [4.78, 5) is 2.45. The first-order chi connectivity index (χ1) is 30.8. The Balaban J connectivity index is 1.17. The van der Waals surface area contributed by atoms with Gasteiger partial charge in [0.2, 0.25) is 0 Å². The van der Waals surface area contributed by atoms with Gasteiger partial charge in [0.15, 0.2) is 0 Å². The molecule has 292 valence electrons. The molecular formula is C60H42N2. The van der Waals surface area contributed by atoms with Crippen molar-refractivity contribution in [3.05, 3.63) is 255 Å². The molecule has 0 spiro atoms. The van der Waals surface area contributed by atoms with Crippen LogP contribution in [0.25, 0.3) is 83.1 Å². The Bertz CT molecular complexity index is 3310. The van der Waals surface area contributed by atoms with Gasteiger partial charge in [0.25, 0.3) is 0 Å². The van der Waals surface area contributed by atoms with E-state index >= 15 is 0 Å². The molecule has 0 aliphatic carbocycles. The van der Waals surface area contributed by atoms with Crippen LogP contribution in [0, 0.1) is 0 Å². The van der Waals surface area contributed by atoms with Gasteiger partial charge >= 0.3 is 0 Å². The Morgan fingerprint density at radius 3 is 1.52 bits per heavy atom. The molecule has 0 bridgehead atoms. The zero-order valence-corrected chi connectivity index (χ0v) is 34.1. The van der Waals surface area contributed by atoms with Gasteiger partial charge < -0.3 is 9.47 Å². The number of hydrogen-bond donors (Lipinski definition) is 0. The van der Waals surface area contributed by atoms with Crippen molar-refractivity contribution in [2.75, 3.05) is 4.90 Å². The molecule has 1 heterocycles. The molecule has 0 atom stereocenters. The van der Waals surface area contributed by atoms with Gasteiger partial charge in [-0.05, 0) is 93.0 Å². The van der Waals surface area contributed by atoms with Gasteiger partial charge in [-0.15, -0.1) is 0 Å². The molecule has 1 aromatic heterocycles. The minimum Gasteiger partial charge on any atom is -0.310 e. The summed E-state index contributed by atoms with van der Waals surface area (Å²) in [6.07, 6.45) is 0. The van der Waals surface area contributed by atoms with Gasteiger partial charge in [0.05, 0.1) is 16.7 Å². The lowest BCUT2D eigenvalue weighted by molar-refractivity contribution is 1.18. The average molecular weight is 791 g/mol. The third-order valence-corrected chi connectivity index (χ3v) is 12.0. The smallest absolute Gasteiger partial charge is 0.0619 e. The first-order valence-corrected chi connectivity index (χ1v) is 21.3. The summed E-state index contributed by atoms with van der Waals surface area (Å²) < 4.78 is 2.43. The molecule has 2 nitrogen and oxygen atoms in total. The normalized spacial score (nSPS) is 11.2. The first kappa shape index (κ1) is 36.8. The summed E-state index contributed by atoms with van der Waals surface area (Å²) >= 11 is 0. The molecule has 0 N–H and O–H groups in total. The summed E-state index contributed by atoms with van der Waals surface area (Å²) in [5.41, 5.74) is 18.5. The molecule has 0 saturated carbocycles. The summed E-state index contributed by atoms with van der Waals surface area (Å²) in [7, 11) is 0. The highest BCUT2D eigenvalue weighted by Crippen LogP contribution is 2.49. The molecule has 10 aromatic carbocycles. The summed E-state index contributed by atoms with van der Waals surface area (Å²) in [5, 5.41) is 2.47. The van der Waals surface area contributed by atoms with Crippen LogP contribution in [0.15, 0.2) is 255 Å². The van der Waals surface area contributed by atoms with Crippen LogP contribution in [0.3, 0.4) is 0 Å². The second-order valence-electron chi connectivity index (χ2n) is 15.7. The standard InChI is InChI=1S/C60H42N2/c1-5-20-43(21-6-1)44-38-40-49(41-39-44)61(58-37-19-33-52(46-24-9-3-10-25-46)59(58)55-32-14-13-30-51(55)45-22-7-2-8-23-45)50-29-17-26-47(42-50)53-34-18-35-56-54-31-15-16-36-57(54)62(60(53)56)48-27-11-4-12-28-48/h1-42H. The van der Waals surface area contributed by atoms with Crippen molar-refractivity contribution in [1.29, 1.82) is 0 Å². The number of fused-ring (bicyclic) bond motifs is 3. The van der Waals surface area contributed by atoms with Crippen LogP contribution in [0.1, 0.15) is 0 Å². The zero-order chi connectivity index (χ0) is 41.2. The van der Waals surface area contributed by atoms with Crippen molar-refractivity contribution in [2.24, 2.45) is 0 Å². The fourth-order valence-corrected chi connectivity index (χ4v) is 9.21. The van der Waals surface area contributed by atoms with E-state index in [0.717, 1.165) is 28.3 Å². The van der Waals surface area contributed by atoms with E-state index in [2.05, 4.69) is 264 Å². The summed E-state index contributed by atoms with van der Waals surface area (Å²) in [6.45, 7) is 0. The third kappa shape index (κ3) is 6.65. The van der Waals surface area contributed by atoms with Crippen LogP contribution >= 0.6 is 0 Å². The lowest BCUT2D eigenvalue weighted by Crippen LogP contribution is -2.12. The van der Waals surface area contributed by atoms with Gasteiger partial charge in [0, 0.05) is 39.0 Å². The molecule has 0 radical (unpaired) electrons. The molecule has 0 aliphatic rings. The quantitative estimate of drug-likeness (QED) is 0.141. The van der Waals surface area contributed by atoms with Crippen molar-refractivity contribution in [2.45, 2.75) is 0 Å². The molecule has 0 unspecified atom stereocenters. The van der Waals surface area contributed by atoms with E-state index in [9.17, 15) is 0 Å². The van der Waals surface area contributed by atoms with Gasteiger partial charge in [-0.2, -0.15) is 0 Å². The predicted molar refractivity (Wildman–Crippen MR) is 263 cm³/mol. The topological polar surface area (TPSA) is 8.17 Å². The Morgan fingerprint density at radius 2 is 0.790 bits per heavy atom. The molecule has 11 rings (SSSR count). The second kappa shape index (κ2) is 16.1. The van der Waals surface area contributed by atoms with Gasteiger partial charge in [-0.3, -0.25) is 0 Å². The number of nitrogens with zero attached hydrogens (tertiary/aromatic N) is 2. The van der Waals surface area contributed by atoms with Crippen LogP contribution < -0.4 is 4.90 Å². The average Bonchev–Trinajstić information content (AvgIpc) is 3.70. The Labute approximate surface area is 362 Å². The summed E-state index contributed by atoms with van der Waals surface area (Å²) in [6, 6.07) is 92.2. The zero-order valence-electron chi connectivity index (χ0n) is 34.1. The largest absolute Gasteiger partial charge is 0.310 e. The van der Waals surface area contributed by atoms with Crippen LogP contribution in [0.2, 0.25) is 0 Å². The van der Waals surface area contributed by atoms with Crippen LogP contribution in [0.5, 0.6) is 0 Å². The first-order valence-electron chi connectivity index (χ1n) is 21.3. The van der Waals surface area contributed by atoms with E-state index in [4.69, 9.17) is 0 Å². The molecule has 62 heavy (non-hydrogen) atoms. The van der Waals surface area contributed by atoms with E-state index in [0.29, 0.717) is 0 Å². The maximum atomic E-state index is 2.45. The molecule has 0 amide bonds. The molecule has 2 heteroatoms. The van der Waals surface area contributed by atoms with Crippen molar-refractivity contribution in [3.63, 3.8) is 0 Å². The van der Waals surface area contributed by atoms with Crippen molar-refractivity contribution in [3.8, 4) is 61.3 Å². The molecule has 0 saturated heterocycles. The van der Waals surface area contributed by atoms with E-state index in [1.54, 1.807) is 0 Å². The van der Waals surface area contributed by atoms with Crippen LogP contribution in [0.4, 0.5) is 17.1 Å². The fraction of sp³-hybridized carbons (Fsp3) is 0. The van der Waals surface area contributed by atoms with Crippen molar-refractivity contribution >= 4 is 38.9 Å².